The molecule has 2 heterocycles. The molecule has 0 radical (unpaired) electrons. The summed E-state index contributed by atoms with van der Waals surface area (Å²) in [7, 11) is 0. The Kier molecular flexibility index (Phi) is 2.43. The average Bonchev–Trinajstić information content (AvgIpc) is 2.52. The Hall–Kier alpha value is -1.09. The number of aromatic amines is 1. The molecule has 0 atom stereocenters. The first-order valence-corrected chi connectivity index (χ1v) is 5.67. The second-order valence-corrected chi connectivity index (χ2v) is 4.42. The van der Waals surface area contributed by atoms with Crippen LogP contribution in [0.1, 0.15) is 29.6 Å². The van der Waals surface area contributed by atoms with Gasteiger partial charge in [-0.3, -0.25) is 0 Å². The lowest BCUT2D eigenvalue weighted by atomic mass is 10.2. The topological polar surface area (TPSA) is 20.2 Å². The van der Waals surface area contributed by atoms with Crippen molar-refractivity contribution in [1.29, 1.82) is 0 Å². The predicted octanol–water partition coefficient (Wildman–Crippen LogP) is 3.48. The minimum absolute atomic E-state index is 0.834. The zero-order chi connectivity index (χ0) is 11.2. The summed E-state index contributed by atoms with van der Waals surface area (Å²) in [6.45, 7) is 8.53. The first kappa shape index (κ1) is 10.4. The normalized spacial score (nSPS) is 11.2. The molecule has 3 heteroatoms. The number of nitrogens with zero attached hydrogens (tertiary/aromatic N) is 1. The van der Waals surface area contributed by atoms with Gasteiger partial charge < -0.3 is 9.38 Å². The molecule has 0 aliphatic rings. The summed E-state index contributed by atoms with van der Waals surface area (Å²) < 4.78 is 3.12. The minimum Gasteiger partial charge on any atom is -0.347 e. The van der Waals surface area contributed by atoms with Crippen molar-refractivity contribution in [1.82, 2.24) is 9.38 Å². The van der Waals surface area contributed by atoms with E-state index < -0.39 is 0 Å². The lowest BCUT2D eigenvalue weighted by Gasteiger charge is -2.09. The number of aryl methyl sites for hydroxylation is 4. The molecule has 0 spiro atoms. The molecule has 2 aromatic heterocycles. The fourth-order valence-electron chi connectivity index (χ4n) is 2.15. The molecule has 0 unspecified atom stereocenters. The van der Waals surface area contributed by atoms with E-state index in [0.29, 0.717) is 0 Å². The number of aromatic nitrogens is 2. The van der Waals surface area contributed by atoms with Crippen molar-refractivity contribution in [2.45, 2.75) is 34.1 Å². The quantitative estimate of drug-likeness (QED) is 0.729. The molecule has 1 N–H and O–H groups in total. The van der Waals surface area contributed by atoms with Crippen LogP contribution in [0.15, 0.2) is 6.07 Å². The van der Waals surface area contributed by atoms with Gasteiger partial charge in [0, 0.05) is 17.1 Å². The Morgan fingerprint density at radius 2 is 2.00 bits per heavy atom. The van der Waals surface area contributed by atoms with Gasteiger partial charge in [0.1, 0.15) is 4.64 Å². The molecule has 15 heavy (non-hydrogen) atoms. The smallest absolute Gasteiger partial charge is 0.127 e. The van der Waals surface area contributed by atoms with Crippen LogP contribution in [-0.4, -0.2) is 9.38 Å². The molecule has 0 aromatic carbocycles. The summed E-state index contributed by atoms with van der Waals surface area (Å²) in [5.74, 6) is 0. The van der Waals surface area contributed by atoms with Crippen LogP contribution in [0.5, 0.6) is 0 Å². The number of rotatable bonds is 1. The van der Waals surface area contributed by atoms with E-state index in [0.717, 1.165) is 22.3 Å². The van der Waals surface area contributed by atoms with Crippen LogP contribution < -0.4 is 0 Å². The minimum atomic E-state index is 0.834. The van der Waals surface area contributed by atoms with E-state index in [2.05, 4.69) is 43.1 Å². The zero-order valence-electron chi connectivity index (χ0n) is 9.64. The molecule has 0 saturated heterocycles. The van der Waals surface area contributed by atoms with E-state index in [-0.39, 0.29) is 0 Å². The summed E-state index contributed by atoms with van der Waals surface area (Å²) in [5, 5.41) is 0. The Morgan fingerprint density at radius 1 is 1.33 bits per heavy atom. The van der Waals surface area contributed by atoms with Gasteiger partial charge in [-0.1, -0.05) is 19.1 Å². The number of H-pyrrole nitrogens is 1. The maximum absolute atomic E-state index is 5.35. The summed E-state index contributed by atoms with van der Waals surface area (Å²) in [5.41, 5.74) is 6.22. The maximum Gasteiger partial charge on any atom is 0.127 e. The lowest BCUT2D eigenvalue weighted by Crippen LogP contribution is -2.02. The largest absolute Gasteiger partial charge is 0.347 e. The highest BCUT2D eigenvalue weighted by Gasteiger charge is 2.09. The van der Waals surface area contributed by atoms with Crippen LogP contribution >= 0.6 is 12.2 Å². The van der Waals surface area contributed by atoms with Crippen molar-refractivity contribution in [3.63, 3.8) is 0 Å². The van der Waals surface area contributed by atoms with Gasteiger partial charge in [-0.25, -0.2) is 0 Å². The molecule has 0 bridgehead atoms. The van der Waals surface area contributed by atoms with E-state index in [1.807, 2.05) is 0 Å². The van der Waals surface area contributed by atoms with Gasteiger partial charge >= 0.3 is 0 Å². The van der Waals surface area contributed by atoms with Crippen LogP contribution in [-0.2, 0) is 6.42 Å². The summed E-state index contributed by atoms with van der Waals surface area (Å²) in [6, 6.07) is 2.17. The maximum atomic E-state index is 5.35. The van der Waals surface area contributed by atoms with E-state index in [4.69, 9.17) is 12.2 Å². The van der Waals surface area contributed by atoms with Crippen LogP contribution in [0.25, 0.3) is 5.52 Å². The van der Waals surface area contributed by atoms with Gasteiger partial charge in [0.05, 0.1) is 5.52 Å². The highest BCUT2D eigenvalue weighted by molar-refractivity contribution is 7.71. The van der Waals surface area contributed by atoms with E-state index in [1.165, 1.54) is 17.0 Å². The third-order valence-electron chi connectivity index (χ3n) is 3.07. The summed E-state index contributed by atoms with van der Waals surface area (Å²) >= 11 is 5.35. The standard InChI is InChI=1S/C12H16N2S/c1-5-10-7(2)6-11-12(15)13-8(3)9(4)14(10)11/h6H,5H2,1-4H3,(H,13,15). The molecular formula is C12H16N2S. The van der Waals surface area contributed by atoms with Crippen LogP contribution in [0.3, 0.4) is 0 Å². The SMILES string of the molecule is CCc1c(C)cc2c(=S)[nH]c(C)c(C)n12. The number of nitrogens with one attached hydrogen (secondary N) is 1. The second kappa shape index (κ2) is 3.49. The third kappa shape index (κ3) is 1.42. The molecule has 80 valence electrons. The molecule has 2 rings (SSSR count). The molecule has 0 amide bonds. The van der Waals surface area contributed by atoms with Gasteiger partial charge in [-0.15, -0.1) is 0 Å². The van der Waals surface area contributed by atoms with Crippen molar-refractivity contribution < 1.29 is 0 Å². The van der Waals surface area contributed by atoms with Crippen molar-refractivity contribution in [2.24, 2.45) is 0 Å². The van der Waals surface area contributed by atoms with Gasteiger partial charge in [-0.2, -0.15) is 0 Å². The Morgan fingerprint density at radius 3 is 2.60 bits per heavy atom. The lowest BCUT2D eigenvalue weighted by molar-refractivity contribution is 0.912. The second-order valence-electron chi connectivity index (χ2n) is 4.01. The van der Waals surface area contributed by atoms with Crippen molar-refractivity contribution in [3.8, 4) is 0 Å². The molecule has 0 saturated carbocycles. The Labute approximate surface area is 95.0 Å². The van der Waals surface area contributed by atoms with Crippen molar-refractivity contribution in [3.05, 3.63) is 33.4 Å². The van der Waals surface area contributed by atoms with E-state index >= 15 is 0 Å². The fraction of sp³-hybridized carbons (Fsp3) is 0.417. The van der Waals surface area contributed by atoms with Gasteiger partial charge in [0.15, 0.2) is 0 Å². The van der Waals surface area contributed by atoms with Gasteiger partial charge in [0.25, 0.3) is 0 Å². The summed E-state index contributed by atoms with van der Waals surface area (Å²) in [4.78, 5) is 3.24. The fourth-order valence-corrected chi connectivity index (χ4v) is 2.46. The molecule has 2 aromatic rings. The summed E-state index contributed by atoms with van der Waals surface area (Å²) in [6.07, 6.45) is 1.04. The molecule has 0 aliphatic carbocycles. The first-order chi connectivity index (χ1) is 7.06. The zero-order valence-corrected chi connectivity index (χ0v) is 10.5. The first-order valence-electron chi connectivity index (χ1n) is 5.26. The Balaban J connectivity index is 3.04. The van der Waals surface area contributed by atoms with Gasteiger partial charge in [0.2, 0.25) is 0 Å². The highest BCUT2D eigenvalue weighted by atomic mass is 32.1. The van der Waals surface area contributed by atoms with Crippen LogP contribution in [0, 0.1) is 25.4 Å². The number of fused-ring (bicyclic) bond motifs is 1. The van der Waals surface area contributed by atoms with Crippen LogP contribution in [0.4, 0.5) is 0 Å². The van der Waals surface area contributed by atoms with Crippen molar-refractivity contribution >= 4 is 17.7 Å². The van der Waals surface area contributed by atoms with E-state index in [9.17, 15) is 0 Å². The predicted molar refractivity (Wildman–Crippen MR) is 66.2 cm³/mol. The molecular weight excluding hydrogens is 204 g/mol. The number of hydrogen-bond acceptors (Lipinski definition) is 1. The monoisotopic (exact) mass is 220 g/mol. The highest BCUT2D eigenvalue weighted by Crippen LogP contribution is 2.20. The third-order valence-corrected chi connectivity index (χ3v) is 3.38. The van der Waals surface area contributed by atoms with Crippen LogP contribution in [0.2, 0.25) is 0 Å². The molecule has 2 nitrogen and oxygen atoms in total. The number of hydrogen-bond donors (Lipinski definition) is 1. The molecule has 0 fully saturated rings. The Bertz CT molecular complexity index is 575. The molecule has 0 aliphatic heterocycles. The average molecular weight is 220 g/mol. The van der Waals surface area contributed by atoms with Crippen molar-refractivity contribution in [2.75, 3.05) is 0 Å². The van der Waals surface area contributed by atoms with Gasteiger partial charge in [-0.05, 0) is 38.8 Å². The van der Waals surface area contributed by atoms with E-state index in [1.54, 1.807) is 0 Å².